The Kier molecular flexibility index (Phi) is 6.91. The lowest BCUT2D eigenvalue weighted by Gasteiger charge is -2.13. The normalized spacial score (nSPS) is 10.9. The number of fused-ring (bicyclic) bond motifs is 1. The van der Waals surface area contributed by atoms with Crippen molar-refractivity contribution in [2.24, 2.45) is 7.05 Å². The predicted molar refractivity (Wildman–Crippen MR) is 129 cm³/mol. The topological polar surface area (TPSA) is 111 Å². The molecule has 2 aromatic heterocycles. The molecule has 0 aliphatic rings. The van der Waals surface area contributed by atoms with Gasteiger partial charge in [0.1, 0.15) is 12.1 Å². The summed E-state index contributed by atoms with van der Waals surface area (Å²) in [6.07, 6.45) is 4.26. The van der Waals surface area contributed by atoms with Crippen LogP contribution in [0.4, 0.5) is 5.82 Å². The molecule has 0 saturated heterocycles. The Hall–Kier alpha value is -4.14. The van der Waals surface area contributed by atoms with Gasteiger partial charge >= 0.3 is 5.97 Å². The van der Waals surface area contributed by atoms with Crippen LogP contribution in [-0.4, -0.2) is 50.6 Å². The number of aliphatic carboxylic acids is 1. The SMILES string of the molecule is CCOc1cc(-c2cc(NCCc3c(C)ccc4c3cnn4C)ncn2)ccc1OCC(=O)O. The van der Waals surface area contributed by atoms with Crippen molar-refractivity contribution in [3.8, 4) is 22.8 Å². The number of hydrogen-bond acceptors (Lipinski definition) is 7. The van der Waals surface area contributed by atoms with Gasteiger partial charge in [0.15, 0.2) is 18.1 Å². The van der Waals surface area contributed by atoms with E-state index in [1.165, 1.54) is 22.8 Å². The van der Waals surface area contributed by atoms with Gasteiger partial charge in [-0.1, -0.05) is 6.07 Å². The minimum atomic E-state index is -1.05. The Morgan fingerprint density at radius 1 is 1.12 bits per heavy atom. The second-order valence-electron chi connectivity index (χ2n) is 7.80. The number of nitrogens with one attached hydrogen (secondary N) is 1. The molecule has 34 heavy (non-hydrogen) atoms. The molecule has 0 saturated carbocycles. The van der Waals surface area contributed by atoms with E-state index in [2.05, 4.69) is 39.4 Å². The number of ether oxygens (including phenoxy) is 2. The van der Waals surface area contributed by atoms with Crippen LogP contribution >= 0.6 is 0 Å². The molecular formula is C25H27N5O4. The molecule has 4 rings (SSSR count). The third kappa shape index (κ3) is 5.09. The first kappa shape index (κ1) is 23.0. The molecule has 2 N–H and O–H groups in total. The zero-order valence-electron chi connectivity index (χ0n) is 19.4. The minimum absolute atomic E-state index is 0.375. The van der Waals surface area contributed by atoms with Crippen LogP contribution in [0.25, 0.3) is 22.2 Å². The van der Waals surface area contributed by atoms with Gasteiger partial charge < -0.3 is 19.9 Å². The fraction of sp³-hybridized carbons (Fsp3) is 0.280. The highest BCUT2D eigenvalue weighted by atomic mass is 16.5. The Morgan fingerprint density at radius 3 is 2.76 bits per heavy atom. The first-order valence-electron chi connectivity index (χ1n) is 11.0. The lowest BCUT2D eigenvalue weighted by atomic mass is 10.0. The molecule has 0 bridgehead atoms. The maximum atomic E-state index is 10.8. The summed E-state index contributed by atoms with van der Waals surface area (Å²) in [4.78, 5) is 19.6. The smallest absolute Gasteiger partial charge is 0.341 e. The van der Waals surface area contributed by atoms with Crippen molar-refractivity contribution in [3.05, 3.63) is 60.0 Å². The lowest BCUT2D eigenvalue weighted by molar-refractivity contribution is -0.139. The number of aryl methyl sites for hydroxylation is 2. The summed E-state index contributed by atoms with van der Waals surface area (Å²) in [5.41, 5.74) is 5.15. The van der Waals surface area contributed by atoms with Crippen molar-refractivity contribution in [3.63, 3.8) is 0 Å². The van der Waals surface area contributed by atoms with Crippen molar-refractivity contribution in [1.82, 2.24) is 19.7 Å². The number of benzene rings is 2. The fourth-order valence-electron chi connectivity index (χ4n) is 3.85. The van der Waals surface area contributed by atoms with Crippen LogP contribution in [0.2, 0.25) is 0 Å². The van der Waals surface area contributed by atoms with E-state index < -0.39 is 12.6 Å². The van der Waals surface area contributed by atoms with Crippen LogP contribution in [0.1, 0.15) is 18.1 Å². The molecule has 0 atom stereocenters. The number of hydrogen-bond donors (Lipinski definition) is 2. The summed E-state index contributed by atoms with van der Waals surface area (Å²) in [5, 5.41) is 17.8. The lowest BCUT2D eigenvalue weighted by Crippen LogP contribution is -2.10. The molecule has 2 heterocycles. The zero-order valence-corrected chi connectivity index (χ0v) is 19.4. The third-order valence-electron chi connectivity index (χ3n) is 5.52. The van der Waals surface area contributed by atoms with Crippen LogP contribution < -0.4 is 14.8 Å². The van der Waals surface area contributed by atoms with E-state index in [1.807, 2.05) is 37.0 Å². The van der Waals surface area contributed by atoms with E-state index in [9.17, 15) is 4.79 Å². The number of carboxylic acids is 1. The Labute approximate surface area is 197 Å². The van der Waals surface area contributed by atoms with Crippen LogP contribution in [0.15, 0.2) is 48.9 Å². The second-order valence-corrected chi connectivity index (χ2v) is 7.80. The van der Waals surface area contributed by atoms with E-state index in [1.54, 1.807) is 12.1 Å². The van der Waals surface area contributed by atoms with Gasteiger partial charge in [-0.15, -0.1) is 0 Å². The molecule has 176 valence electrons. The molecule has 0 spiro atoms. The summed E-state index contributed by atoms with van der Waals surface area (Å²) in [5.74, 6) is 0.507. The van der Waals surface area contributed by atoms with Crippen molar-refractivity contribution >= 4 is 22.7 Å². The number of carboxylic acid groups (broad SMARTS) is 1. The molecule has 9 nitrogen and oxygen atoms in total. The van der Waals surface area contributed by atoms with E-state index in [0.29, 0.717) is 36.2 Å². The standard InChI is InChI=1S/C25H27N5O4/c1-4-33-23-11-17(6-8-22(23)34-14-25(31)32)20-12-24(28-15-27-20)26-10-9-18-16(2)5-7-21-19(18)13-29-30(21)3/h5-8,11-13,15H,4,9-10,14H2,1-3H3,(H,31,32)(H,26,27,28). The highest BCUT2D eigenvalue weighted by Gasteiger charge is 2.12. The Morgan fingerprint density at radius 2 is 1.97 bits per heavy atom. The molecular weight excluding hydrogens is 434 g/mol. The number of nitrogens with zero attached hydrogens (tertiary/aromatic N) is 4. The van der Waals surface area contributed by atoms with Gasteiger partial charge in [0, 0.05) is 30.6 Å². The minimum Gasteiger partial charge on any atom is -0.490 e. The van der Waals surface area contributed by atoms with Gasteiger partial charge in [-0.25, -0.2) is 14.8 Å². The zero-order chi connectivity index (χ0) is 24.1. The molecule has 0 unspecified atom stereocenters. The Bertz CT molecular complexity index is 1320. The predicted octanol–water partition coefficient (Wildman–Crippen LogP) is 3.86. The maximum absolute atomic E-state index is 10.8. The average molecular weight is 462 g/mol. The first-order valence-corrected chi connectivity index (χ1v) is 11.0. The van der Waals surface area contributed by atoms with Gasteiger partial charge in [0.05, 0.1) is 24.0 Å². The molecule has 0 radical (unpaired) electrons. The van der Waals surface area contributed by atoms with E-state index in [-0.39, 0.29) is 0 Å². The fourth-order valence-corrected chi connectivity index (χ4v) is 3.85. The van der Waals surface area contributed by atoms with Crippen LogP contribution in [-0.2, 0) is 18.3 Å². The number of rotatable bonds is 10. The van der Waals surface area contributed by atoms with Crippen LogP contribution in [0.5, 0.6) is 11.5 Å². The Balaban J connectivity index is 1.49. The molecule has 9 heteroatoms. The third-order valence-corrected chi connectivity index (χ3v) is 5.52. The monoisotopic (exact) mass is 461 g/mol. The van der Waals surface area contributed by atoms with Gasteiger partial charge in [0.2, 0.25) is 0 Å². The highest BCUT2D eigenvalue weighted by molar-refractivity contribution is 5.83. The van der Waals surface area contributed by atoms with Gasteiger partial charge in [-0.05, 0) is 55.7 Å². The quantitative estimate of drug-likeness (QED) is 0.366. The molecule has 2 aromatic carbocycles. The molecule has 0 amide bonds. The van der Waals surface area contributed by atoms with Crippen molar-refractivity contribution < 1.29 is 19.4 Å². The first-order chi connectivity index (χ1) is 16.5. The van der Waals surface area contributed by atoms with Gasteiger partial charge in [-0.3, -0.25) is 4.68 Å². The van der Waals surface area contributed by atoms with Gasteiger partial charge in [-0.2, -0.15) is 5.10 Å². The summed E-state index contributed by atoms with van der Waals surface area (Å²) in [7, 11) is 1.95. The maximum Gasteiger partial charge on any atom is 0.341 e. The molecule has 0 aliphatic carbocycles. The van der Waals surface area contributed by atoms with Crippen molar-refractivity contribution in [2.75, 3.05) is 25.1 Å². The van der Waals surface area contributed by atoms with Crippen LogP contribution in [0, 0.1) is 6.92 Å². The van der Waals surface area contributed by atoms with Crippen molar-refractivity contribution in [1.29, 1.82) is 0 Å². The number of carbonyl (C=O) groups is 1. The second kappa shape index (κ2) is 10.2. The van der Waals surface area contributed by atoms with E-state index >= 15 is 0 Å². The average Bonchev–Trinajstić information content (AvgIpc) is 3.20. The van der Waals surface area contributed by atoms with E-state index in [4.69, 9.17) is 14.6 Å². The molecule has 0 fully saturated rings. The highest BCUT2D eigenvalue weighted by Crippen LogP contribution is 2.32. The number of anilines is 1. The number of aromatic nitrogens is 4. The van der Waals surface area contributed by atoms with Crippen molar-refractivity contribution in [2.45, 2.75) is 20.3 Å². The summed E-state index contributed by atoms with van der Waals surface area (Å²) < 4.78 is 12.9. The molecule has 0 aliphatic heterocycles. The van der Waals surface area contributed by atoms with Crippen LogP contribution in [0.3, 0.4) is 0 Å². The largest absolute Gasteiger partial charge is 0.490 e. The molecule has 4 aromatic rings. The summed E-state index contributed by atoms with van der Waals surface area (Å²) >= 11 is 0. The van der Waals surface area contributed by atoms with E-state index in [0.717, 1.165) is 17.5 Å². The summed E-state index contributed by atoms with van der Waals surface area (Å²) in [6.45, 7) is 4.66. The van der Waals surface area contributed by atoms with Gasteiger partial charge in [0.25, 0.3) is 0 Å². The summed E-state index contributed by atoms with van der Waals surface area (Å²) in [6, 6.07) is 11.4.